The van der Waals surface area contributed by atoms with E-state index >= 15 is 0 Å². The number of rotatable bonds is 5. The van der Waals surface area contributed by atoms with Gasteiger partial charge in [0, 0.05) is 36.2 Å². The Morgan fingerprint density at radius 1 is 1.06 bits per heavy atom. The quantitative estimate of drug-likeness (QED) is 0.462. The molecule has 174 valence electrons. The van der Waals surface area contributed by atoms with E-state index < -0.39 is 23.7 Å². The SMILES string of the molecule is Cn1ccc(C(=O)Nc2cccc(NC(=O)c3cnn4c(C(F)(F)F)cc(C5CC5)nc34)c2)n1. The van der Waals surface area contributed by atoms with Gasteiger partial charge in [0.15, 0.2) is 11.3 Å². The van der Waals surface area contributed by atoms with E-state index in [0.717, 1.165) is 25.1 Å². The number of nitrogens with zero attached hydrogens (tertiary/aromatic N) is 5. The predicted molar refractivity (Wildman–Crippen MR) is 116 cm³/mol. The molecule has 5 rings (SSSR count). The minimum atomic E-state index is -4.65. The Balaban J connectivity index is 1.40. The van der Waals surface area contributed by atoms with Gasteiger partial charge in [0.05, 0.1) is 6.20 Å². The molecule has 4 aromatic rings. The molecule has 34 heavy (non-hydrogen) atoms. The number of nitrogens with one attached hydrogen (secondary N) is 2. The van der Waals surface area contributed by atoms with Crippen LogP contribution in [0.4, 0.5) is 24.5 Å². The summed E-state index contributed by atoms with van der Waals surface area (Å²) in [4.78, 5) is 29.5. The second kappa shape index (κ2) is 7.97. The molecule has 0 bridgehead atoms. The van der Waals surface area contributed by atoms with Gasteiger partial charge in [0.2, 0.25) is 0 Å². The van der Waals surface area contributed by atoms with E-state index in [-0.39, 0.29) is 22.8 Å². The van der Waals surface area contributed by atoms with Crippen LogP contribution in [-0.4, -0.2) is 36.2 Å². The maximum atomic E-state index is 13.6. The standard InChI is InChI=1S/C22H18F3N7O2/c1-31-8-7-16(30-31)21(34)28-14-4-2-3-13(9-14)27-20(33)15-11-26-32-18(22(23,24)25)10-17(12-5-6-12)29-19(15)32/h2-4,7-12H,5-6H2,1H3,(H,27,33)(H,28,34). The number of halogens is 3. The Morgan fingerprint density at radius 3 is 2.38 bits per heavy atom. The predicted octanol–water partition coefficient (Wildman–Crippen LogP) is 3.86. The summed E-state index contributed by atoms with van der Waals surface area (Å²) in [5, 5.41) is 13.1. The van der Waals surface area contributed by atoms with Crippen molar-refractivity contribution in [3.8, 4) is 0 Å². The Kier molecular flexibility index (Phi) is 5.07. The fourth-order valence-corrected chi connectivity index (χ4v) is 3.54. The average Bonchev–Trinajstić information content (AvgIpc) is 3.39. The number of alkyl halides is 3. The minimum absolute atomic E-state index is 0.0451. The van der Waals surface area contributed by atoms with Crippen molar-refractivity contribution in [2.45, 2.75) is 24.9 Å². The van der Waals surface area contributed by atoms with E-state index in [0.29, 0.717) is 21.6 Å². The minimum Gasteiger partial charge on any atom is -0.322 e. The first-order valence-electron chi connectivity index (χ1n) is 10.4. The highest BCUT2D eigenvalue weighted by atomic mass is 19.4. The van der Waals surface area contributed by atoms with Gasteiger partial charge in [-0.15, -0.1) is 0 Å². The van der Waals surface area contributed by atoms with Gasteiger partial charge in [-0.05, 0) is 43.2 Å². The van der Waals surface area contributed by atoms with E-state index in [4.69, 9.17) is 0 Å². The molecule has 2 amide bonds. The molecule has 9 nitrogen and oxygen atoms in total. The largest absolute Gasteiger partial charge is 0.433 e. The summed E-state index contributed by atoms with van der Waals surface area (Å²) in [7, 11) is 1.69. The summed E-state index contributed by atoms with van der Waals surface area (Å²) in [5.74, 6) is -1.14. The fourth-order valence-electron chi connectivity index (χ4n) is 3.54. The number of carbonyl (C=O) groups is 2. The molecule has 0 radical (unpaired) electrons. The van der Waals surface area contributed by atoms with E-state index in [1.54, 1.807) is 37.5 Å². The second-order valence-electron chi connectivity index (χ2n) is 8.00. The molecule has 1 fully saturated rings. The van der Waals surface area contributed by atoms with Gasteiger partial charge in [-0.25, -0.2) is 9.50 Å². The molecule has 12 heteroatoms. The van der Waals surface area contributed by atoms with Crippen LogP contribution in [0.25, 0.3) is 5.65 Å². The zero-order valence-electron chi connectivity index (χ0n) is 17.8. The number of hydrogen-bond acceptors (Lipinski definition) is 5. The van der Waals surface area contributed by atoms with E-state index in [1.807, 2.05) is 0 Å². The van der Waals surface area contributed by atoms with Gasteiger partial charge in [0.1, 0.15) is 11.3 Å². The van der Waals surface area contributed by atoms with Crippen LogP contribution in [0.2, 0.25) is 0 Å². The molecule has 0 spiro atoms. The van der Waals surface area contributed by atoms with Gasteiger partial charge >= 0.3 is 6.18 Å². The first-order valence-corrected chi connectivity index (χ1v) is 10.4. The van der Waals surface area contributed by atoms with Crippen LogP contribution < -0.4 is 10.6 Å². The van der Waals surface area contributed by atoms with Crippen LogP contribution >= 0.6 is 0 Å². The van der Waals surface area contributed by atoms with E-state index in [9.17, 15) is 22.8 Å². The number of anilines is 2. The first kappa shape index (κ1) is 21.6. The third-order valence-electron chi connectivity index (χ3n) is 5.35. The van der Waals surface area contributed by atoms with Crippen molar-refractivity contribution < 1.29 is 22.8 Å². The van der Waals surface area contributed by atoms with Crippen LogP contribution in [0.15, 0.2) is 48.8 Å². The van der Waals surface area contributed by atoms with Gasteiger partial charge in [-0.3, -0.25) is 14.3 Å². The summed E-state index contributed by atoms with van der Waals surface area (Å²) in [6.07, 6.45) is -0.435. The lowest BCUT2D eigenvalue weighted by molar-refractivity contribution is -0.142. The van der Waals surface area contributed by atoms with E-state index in [2.05, 4.69) is 25.8 Å². The van der Waals surface area contributed by atoms with Crippen LogP contribution in [0.3, 0.4) is 0 Å². The lowest BCUT2D eigenvalue weighted by Gasteiger charge is -2.11. The normalized spacial score (nSPS) is 13.8. The lowest BCUT2D eigenvalue weighted by atomic mass is 10.2. The van der Waals surface area contributed by atoms with Gasteiger partial charge in [0.25, 0.3) is 11.8 Å². The fraction of sp³-hybridized carbons (Fsp3) is 0.227. The number of fused-ring (bicyclic) bond motifs is 1. The second-order valence-corrected chi connectivity index (χ2v) is 8.00. The number of aromatic nitrogens is 5. The summed E-state index contributed by atoms with van der Waals surface area (Å²) < 4.78 is 42.9. The highest BCUT2D eigenvalue weighted by molar-refractivity contribution is 6.08. The average molecular weight is 469 g/mol. The molecule has 0 atom stereocenters. The van der Waals surface area contributed by atoms with Crippen molar-refractivity contribution in [1.82, 2.24) is 24.4 Å². The topological polar surface area (TPSA) is 106 Å². The van der Waals surface area contributed by atoms with Crippen molar-refractivity contribution in [3.05, 3.63) is 71.4 Å². The molecule has 2 N–H and O–H groups in total. The number of carbonyl (C=O) groups excluding carboxylic acids is 2. The number of benzene rings is 1. The van der Waals surface area contributed by atoms with Gasteiger partial charge < -0.3 is 10.6 Å². The highest BCUT2D eigenvalue weighted by Crippen LogP contribution is 2.41. The van der Waals surface area contributed by atoms with Crippen LogP contribution in [-0.2, 0) is 13.2 Å². The van der Waals surface area contributed by atoms with Crippen LogP contribution in [0.1, 0.15) is 51.0 Å². The molecule has 0 aliphatic heterocycles. The van der Waals surface area contributed by atoms with Crippen molar-refractivity contribution in [2.75, 3.05) is 10.6 Å². The van der Waals surface area contributed by atoms with E-state index in [1.165, 1.54) is 10.7 Å². The maximum Gasteiger partial charge on any atom is 0.433 e. The number of amides is 2. The molecular formula is C22H18F3N7O2. The molecule has 1 saturated carbocycles. The number of aryl methyl sites for hydroxylation is 1. The smallest absolute Gasteiger partial charge is 0.322 e. The van der Waals surface area contributed by atoms with Gasteiger partial charge in [-0.1, -0.05) is 6.07 Å². The number of hydrogen-bond donors (Lipinski definition) is 2. The summed E-state index contributed by atoms with van der Waals surface area (Å²) in [5.41, 5.74) is 0.0386. The summed E-state index contributed by atoms with van der Waals surface area (Å²) >= 11 is 0. The van der Waals surface area contributed by atoms with Gasteiger partial charge in [-0.2, -0.15) is 23.4 Å². The Bertz CT molecular complexity index is 1420. The van der Waals surface area contributed by atoms with Crippen molar-refractivity contribution in [2.24, 2.45) is 7.05 Å². The van der Waals surface area contributed by atoms with Crippen LogP contribution in [0, 0.1) is 0 Å². The Hall–Kier alpha value is -4.22. The third kappa shape index (κ3) is 4.21. The highest BCUT2D eigenvalue weighted by Gasteiger charge is 2.38. The van der Waals surface area contributed by atoms with Crippen molar-refractivity contribution in [3.63, 3.8) is 0 Å². The molecule has 3 aromatic heterocycles. The van der Waals surface area contributed by atoms with Crippen LogP contribution in [0.5, 0.6) is 0 Å². The van der Waals surface area contributed by atoms with Crippen molar-refractivity contribution >= 4 is 28.8 Å². The monoisotopic (exact) mass is 469 g/mol. The zero-order valence-corrected chi connectivity index (χ0v) is 17.8. The molecule has 0 saturated heterocycles. The summed E-state index contributed by atoms with van der Waals surface area (Å²) in [6, 6.07) is 8.91. The first-order chi connectivity index (χ1) is 16.2. The van der Waals surface area contributed by atoms with Crippen molar-refractivity contribution in [1.29, 1.82) is 0 Å². The molecule has 0 unspecified atom stereocenters. The zero-order chi connectivity index (χ0) is 24.0. The lowest BCUT2D eigenvalue weighted by Crippen LogP contribution is -2.16. The Morgan fingerprint density at radius 2 is 1.76 bits per heavy atom. The Labute approximate surface area is 190 Å². The molecule has 1 aromatic carbocycles. The molecule has 1 aliphatic carbocycles. The molecule has 1 aliphatic rings. The molecule has 3 heterocycles. The summed E-state index contributed by atoms with van der Waals surface area (Å²) in [6.45, 7) is 0. The third-order valence-corrected chi connectivity index (χ3v) is 5.35. The molecular weight excluding hydrogens is 451 g/mol. The maximum absolute atomic E-state index is 13.6.